The largest absolute Gasteiger partial charge is 0.493 e. The summed E-state index contributed by atoms with van der Waals surface area (Å²) < 4.78 is 80.5. The van der Waals surface area contributed by atoms with Crippen LogP contribution in [0.5, 0.6) is 5.75 Å². The molecule has 1 saturated heterocycles. The first-order chi connectivity index (χ1) is 16.7. The molecule has 3 rings (SSSR count). The fraction of sp³-hybridized carbons (Fsp3) is 0.364. The first kappa shape index (κ1) is 26.8. The topological polar surface area (TPSA) is 142 Å². The first-order valence-electron chi connectivity index (χ1n) is 10.4. The number of hydrogen-bond acceptors (Lipinski definition) is 5. The zero-order valence-electron chi connectivity index (χ0n) is 19.2. The molecule has 194 valence electrons. The number of ether oxygens (including phenoxy) is 2. The number of nitrogens with zero attached hydrogens (tertiary/aromatic N) is 2. The van der Waals surface area contributed by atoms with Crippen LogP contribution in [-0.2, 0) is 9.53 Å². The molecule has 1 fully saturated rings. The number of pyridine rings is 1. The maximum Gasteiger partial charge on any atom is 0.417 e. The van der Waals surface area contributed by atoms with Crippen molar-refractivity contribution in [1.82, 2.24) is 4.98 Å². The van der Waals surface area contributed by atoms with Crippen LogP contribution in [0.15, 0.2) is 35.5 Å². The number of nitrogens with two attached hydrogens (primary N) is 2. The van der Waals surface area contributed by atoms with E-state index in [-0.39, 0.29) is 16.9 Å². The predicted molar refractivity (Wildman–Crippen MR) is 117 cm³/mol. The van der Waals surface area contributed by atoms with Gasteiger partial charge in [0.2, 0.25) is 5.82 Å². The highest BCUT2D eigenvalue weighted by Crippen LogP contribution is 2.55. The third kappa shape index (κ3) is 4.80. The highest BCUT2D eigenvalue weighted by Gasteiger charge is 2.65. The highest BCUT2D eigenvalue weighted by atomic mass is 19.4. The number of anilines is 1. The van der Waals surface area contributed by atoms with Crippen LogP contribution in [0, 0.1) is 17.6 Å². The van der Waals surface area contributed by atoms with Gasteiger partial charge in [-0.25, -0.2) is 4.39 Å². The zero-order valence-corrected chi connectivity index (χ0v) is 19.2. The molecule has 0 aliphatic carbocycles. The minimum atomic E-state index is -4.91. The van der Waals surface area contributed by atoms with E-state index in [1.165, 1.54) is 13.0 Å². The summed E-state index contributed by atoms with van der Waals surface area (Å²) in [6.45, 7) is 1.95. The maximum absolute atomic E-state index is 14.4. The zero-order chi connectivity index (χ0) is 27.0. The molecule has 1 aliphatic rings. The van der Waals surface area contributed by atoms with Gasteiger partial charge in [-0.3, -0.25) is 14.6 Å². The molecular formula is C22H22F5N5O4. The molecule has 36 heavy (non-hydrogen) atoms. The second kappa shape index (κ2) is 9.68. The lowest BCUT2D eigenvalue weighted by atomic mass is 9.77. The fourth-order valence-electron chi connectivity index (χ4n) is 4.05. The average Bonchev–Trinajstić information content (AvgIpc) is 3.07. The number of aliphatic imine (C=N–C) groups is 1. The number of benzene rings is 1. The number of carbonyl (C=O) groups is 2. The van der Waals surface area contributed by atoms with Crippen molar-refractivity contribution in [3.63, 3.8) is 0 Å². The summed E-state index contributed by atoms with van der Waals surface area (Å²) in [5.74, 6) is -8.66. The van der Waals surface area contributed by atoms with Crippen molar-refractivity contribution < 1.29 is 41.0 Å². The van der Waals surface area contributed by atoms with Gasteiger partial charge >= 0.3 is 6.18 Å². The van der Waals surface area contributed by atoms with Gasteiger partial charge in [-0.15, -0.1) is 0 Å². The molecule has 1 aliphatic heterocycles. The number of guanidine groups is 1. The molecule has 14 heteroatoms. The Morgan fingerprint density at radius 2 is 1.89 bits per heavy atom. The van der Waals surface area contributed by atoms with Crippen molar-refractivity contribution in [3.8, 4) is 5.75 Å². The van der Waals surface area contributed by atoms with Crippen molar-refractivity contribution in [2.24, 2.45) is 22.4 Å². The Balaban J connectivity index is 2.04. The van der Waals surface area contributed by atoms with Crippen molar-refractivity contribution >= 4 is 23.5 Å². The van der Waals surface area contributed by atoms with E-state index < -0.39 is 64.9 Å². The molecule has 0 radical (unpaired) electrons. The number of alkyl halides is 3. The Morgan fingerprint density at radius 3 is 2.47 bits per heavy atom. The van der Waals surface area contributed by atoms with Gasteiger partial charge in [-0.05, 0) is 25.1 Å². The number of hydrogen-bond donors (Lipinski definition) is 3. The van der Waals surface area contributed by atoms with E-state index in [1.807, 2.05) is 0 Å². The smallest absolute Gasteiger partial charge is 0.417 e. The highest BCUT2D eigenvalue weighted by molar-refractivity contribution is 6.02. The van der Waals surface area contributed by atoms with Gasteiger partial charge in [0.05, 0.1) is 7.11 Å². The minimum absolute atomic E-state index is 0.0305. The monoisotopic (exact) mass is 515 g/mol. The molecule has 2 amide bonds. The Morgan fingerprint density at radius 1 is 1.22 bits per heavy atom. The summed E-state index contributed by atoms with van der Waals surface area (Å²) in [6.07, 6.45) is -5.59. The normalized spacial score (nSPS) is 23.7. The Hall–Kier alpha value is -3.81. The second-order valence-electron chi connectivity index (χ2n) is 8.20. The third-order valence-corrected chi connectivity index (χ3v) is 6.05. The standard InChI is InChI=1S/C22H22F5N5O4/c1-9-14(11-4-5-12(23)15(24)16(11)35-3)17(36-21(9,2)22(25,26)27)19(34)31-10-6-7-30-13(8-10)18(33)32-20(28)29/h4-9,14,17H,1-3H3,(H,30,31,34)(H4,28,29,32,33)/t9-,14-,17+,21+/m0/s1. The molecule has 0 unspecified atom stereocenters. The summed E-state index contributed by atoms with van der Waals surface area (Å²) in [5, 5.41) is 2.36. The van der Waals surface area contributed by atoms with Gasteiger partial charge < -0.3 is 26.3 Å². The Bertz CT molecular complexity index is 1220. The van der Waals surface area contributed by atoms with Crippen LogP contribution in [0.1, 0.15) is 35.8 Å². The van der Waals surface area contributed by atoms with Crippen LogP contribution in [0.2, 0.25) is 0 Å². The molecule has 4 atom stereocenters. The average molecular weight is 515 g/mol. The molecule has 0 spiro atoms. The molecular weight excluding hydrogens is 493 g/mol. The van der Waals surface area contributed by atoms with E-state index >= 15 is 0 Å². The maximum atomic E-state index is 14.4. The molecule has 1 aromatic heterocycles. The van der Waals surface area contributed by atoms with E-state index in [1.54, 1.807) is 0 Å². The summed E-state index contributed by atoms with van der Waals surface area (Å²) in [4.78, 5) is 32.3. The lowest BCUT2D eigenvalue weighted by Crippen LogP contribution is -2.47. The summed E-state index contributed by atoms with van der Waals surface area (Å²) in [7, 11) is 1.02. The minimum Gasteiger partial charge on any atom is -0.493 e. The van der Waals surface area contributed by atoms with Gasteiger partial charge in [0.1, 0.15) is 11.8 Å². The van der Waals surface area contributed by atoms with E-state index in [4.69, 9.17) is 20.9 Å². The first-order valence-corrected chi connectivity index (χ1v) is 10.4. The van der Waals surface area contributed by atoms with Gasteiger partial charge in [-0.2, -0.15) is 22.6 Å². The number of methoxy groups -OCH3 is 1. The van der Waals surface area contributed by atoms with E-state index in [0.717, 1.165) is 38.4 Å². The predicted octanol–water partition coefficient (Wildman–Crippen LogP) is 2.86. The van der Waals surface area contributed by atoms with Gasteiger partial charge in [0.25, 0.3) is 11.8 Å². The summed E-state index contributed by atoms with van der Waals surface area (Å²) >= 11 is 0. The number of amides is 2. The van der Waals surface area contributed by atoms with Crippen LogP contribution in [0.3, 0.4) is 0 Å². The second-order valence-corrected chi connectivity index (χ2v) is 8.20. The van der Waals surface area contributed by atoms with Crippen LogP contribution < -0.4 is 21.5 Å². The molecule has 0 saturated carbocycles. The Kier molecular flexibility index (Phi) is 7.20. The lowest BCUT2D eigenvalue weighted by molar-refractivity contribution is -0.272. The third-order valence-electron chi connectivity index (χ3n) is 6.05. The lowest BCUT2D eigenvalue weighted by Gasteiger charge is -2.32. The van der Waals surface area contributed by atoms with Crippen LogP contribution in [-0.4, -0.2) is 47.7 Å². The number of nitrogens with one attached hydrogen (secondary N) is 1. The molecule has 9 nitrogen and oxygen atoms in total. The Labute approximate surface area is 201 Å². The fourth-order valence-corrected chi connectivity index (χ4v) is 4.05. The SMILES string of the molecule is COc1c([C@H]2[C@H](C(=O)Nc3ccnc(C(=O)N=C(N)N)c3)O[C@@](C)(C(F)(F)F)[C@H]2C)ccc(F)c1F. The van der Waals surface area contributed by atoms with Crippen LogP contribution in [0.4, 0.5) is 27.6 Å². The number of carbonyl (C=O) groups excluding carboxylic acids is 2. The quantitative estimate of drug-likeness (QED) is 0.316. The van der Waals surface area contributed by atoms with E-state index in [0.29, 0.717) is 0 Å². The molecule has 1 aromatic carbocycles. The van der Waals surface area contributed by atoms with Gasteiger partial charge in [0.15, 0.2) is 23.1 Å². The number of halogens is 5. The van der Waals surface area contributed by atoms with E-state index in [9.17, 15) is 31.5 Å². The summed E-state index contributed by atoms with van der Waals surface area (Å²) in [5.41, 5.74) is 7.03. The molecule has 0 bridgehead atoms. The van der Waals surface area contributed by atoms with Crippen LogP contribution in [0.25, 0.3) is 0 Å². The van der Waals surface area contributed by atoms with Gasteiger partial charge in [-0.1, -0.05) is 13.0 Å². The molecule has 5 N–H and O–H groups in total. The molecule has 2 aromatic rings. The van der Waals surface area contributed by atoms with Gasteiger partial charge in [0, 0.05) is 29.3 Å². The number of aromatic nitrogens is 1. The number of rotatable bonds is 5. The van der Waals surface area contributed by atoms with Crippen molar-refractivity contribution in [2.45, 2.75) is 37.6 Å². The van der Waals surface area contributed by atoms with Crippen molar-refractivity contribution in [3.05, 3.63) is 53.4 Å². The van der Waals surface area contributed by atoms with Crippen molar-refractivity contribution in [1.29, 1.82) is 0 Å². The van der Waals surface area contributed by atoms with Crippen LogP contribution >= 0.6 is 0 Å². The van der Waals surface area contributed by atoms with E-state index in [2.05, 4.69) is 15.3 Å². The molecule has 2 heterocycles. The summed E-state index contributed by atoms with van der Waals surface area (Å²) in [6, 6.07) is 4.13. The van der Waals surface area contributed by atoms with Crippen molar-refractivity contribution in [2.75, 3.05) is 12.4 Å².